The molecule has 0 radical (unpaired) electrons. The molecule has 5 nitrogen and oxygen atoms in total. The minimum Gasteiger partial charge on any atom is -0.506 e. The highest BCUT2D eigenvalue weighted by molar-refractivity contribution is 6.36. The zero-order chi connectivity index (χ0) is 16.1. The Kier molecular flexibility index (Phi) is 5.25. The minimum absolute atomic E-state index is 0.105. The van der Waals surface area contributed by atoms with Crippen LogP contribution in [0.1, 0.15) is 15.9 Å². The molecule has 0 saturated heterocycles. The maximum atomic E-state index is 11.9. The fourth-order valence-corrected chi connectivity index (χ4v) is 2.18. The van der Waals surface area contributed by atoms with Gasteiger partial charge in [-0.15, -0.1) is 0 Å². The number of ether oxygens (including phenoxy) is 1. The molecule has 0 atom stereocenters. The average Bonchev–Trinajstić information content (AvgIpc) is 2.51. The number of carbonyl (C=O) groups is 1. The van der Waals surface area contributed by atoms with Crippen LogP contribution in [0, 0.1) is 0 Å². The average molecular weight is 339 g/mol. The lowest BCUT2D eigenvalue weighted by Crippen LogP contribution is -2.17. The molecular weight excluding hydrogens is 327 g/mol. The summed E-state index contributed by atoms with van der Waals surface area (Å²) in [7, 11) is 1.51. The summed E-state index contributed by atoms with van der Waals surface area (Å²) in [5.41, 5.74) is 3.03. The number of methoxy groups -OCH3 is 1. The predicted octanol–water partition coefficient (Wildman–Crippen LogP) is 3.47. The van der Waals surface area contributed by atoms with E-state index >= 15 is 0 Å². The van der Waals surface area contributed by atoms with Gasteiger partial charge in [0.2, 0.25) is 0 Å². The van der Waals surface area contributed by atoms with Crippen LogP contribution in [0.4, 0.5) is 0 Å². The number of phenols is 1. The first-order chi connectivity index (χ1) is 10.5. The van der Waals surface area contributed by atoms with Gasteiger partial charge in [-0.1, -0.05) is 29.3 Å². The molecule has 0 aliphatic rings. The van der Waals surface area contributed by atoms with Gasteiger partial charge in [-0.25, -0.2) is 5.43 Å². The predicted molar refractivity (Wildman–Crippen MR) is 86.2 cm³/mol. The summed E-state index contributed by atoms with van der Waals surface area (Å²) in [5, 5.41) is 14.0. The number of phenolic OH excluding ortho intramolecular Hbond substituents is 1. The van der Waals surface area contributed by atoms with E-state index in [0.717, 1.165) is 0 Å². The summed E-state index contributed by atoms with van der Waals surface area (Å²) in [6, 6.07) is 9.51. The molecule has 114 valence electrons. The van der Waals surface area contributed by atoms with Gasteiger partial charge in [0.1, 0.15) is 11.5 Å². The summed E-state index contributed by atoms with van der Waals surface area (Å²) >= 11 is 11.6. The fraction of sp³-hybridized carbons (Fsp3) is 0.0667. The first-order valence-electron chi connectivity index (χ1n) is 6.16. The van der Waals surface area contributed by atoms with Crippen LogP contribution >= 0.6 is 23.2 Å². The highest BCUT2D eigenvalue weighted by Crippen LogP contribution is 2.29. The lowest BCUT2D eigenvalue weighted by Gasteiger charge is -2.04. The number of benzene rings is 2. The molecule has 0 aromatic heterocycles. The monoisotopic (exact) mass is 338 g/mol. The molecule has 0 spiro atoms. The Bertz CT molecular complexity index is 733. The van der Waals surface area contributed by atoms with E-state index in [9.17, 15) is 9.90 Å². The van der Waals surface area contributed by atoms with Gasteiger partial charge in [0.15, 0.2) is 0 Å². The number of halogens is 2. The van der Waals surface area contributed by atoms with Crippen LogP contribution in [-0.4, -0.2) is 24.3 Å². The summed E-state index contributed by atoms with van der Waals surface area (Å²) in [4.78, 5) is 11.9. The molecule has 0 aliphatic heterocycles. The van der Waals surface area contributed by atoms with E-state index in [2.05, 4.69) is 10.5 Å². The first kappa shape index (κ1) is 16.1. The van der Waals surface area contributed by atoms with Crippen LogP contribution in [0.3, 0.4) is 0 Å². The number of hydrogen-bond acceptors (Lipinski definition) is 4. The van der Waals surface area contributed by atoms with E-state index in [1.807, 2.05) is 0 Å². The third-order valence-electron chi connectivity index (χ3n) is 2.76. The van der Waals surface area contributed by atoms with E-state index in [-0.39, 0.29) is 10.8 Å². The van der Waals surface area contributed by atoms with Gasteiger partial charge < -0.3 is 9.84 Å². The second-order valence-corrected chi connectivity index (χ2v) is 5.10. The van der Waals surface area contributed by atoms with Gasteiger partial charge in [-0.2, -0.15) is 5.10 Å². The molecule has 0 heterocycles. The van der Waals surface area contributed by atoms with Crippen molar-refractivity contribution in [3.63, 3.8) is 0 Å². The van der Waals surface area contributed by atoms with Crippen molar-refractivity contribution in [1.82, 2.24) is 5.43 Å². The molecule has 0 fully saturated rings. The van der Waals surface area contributed by atoms with Crippen molar-refractivity contribution in [3.8, 4) is 11.5 Å². The number of rotatable bonds is 4. The Morgan fingerprint density at radius 2 is 2.09 bits per heavy atom. The van der Waals surface area contributed by atoms with Crippen molar-refractivity contribution < 1.29 is 14.6 Å². The number of nitrogens with one attached hydrogen (secondary N) is 1. The van der Waals surface area contributed by atoms with Gasteiger partial charge in [0, 0.05) is 16.1 Å². The van der Waals surface area contributed by atoms with E-state index < -0.39 is 5.91 Å². The van der Waals surface area contributed by atoms with Gasteiger partial charge in [0.05, 0.1) is 18.3 Å². The van der Waals surface area contributed by atoms with Crippen LogP contribution in [0.2, 0.25) is 10.0 Å². The Morgan fingerprint density at radius 3 is 2.82 bits per heavy atom. The molecule has 1 amide bonds. The standard InChI is InChI=1S/C15H12Cl2N2O3/c1-22-12-4-2-3-9(6-12)15(21)19-18-8-10-5-11(16)7-13(17)14(10)20/h2-8,20H,1H3,(H,19,21). The van der Waals surface area contributed by atoms with Crippen molar-refractivity contribution in [2.24, 2.45) is 5.10 Å². The van der Waals surface area contributed by atoms with E-state index in [4.69, 9.17) is 27.9 Å². The topological polar surface area (TPSA) is 70.9 Å². The molecule has 0 bridgehead atoms. The van der Waals surface area contributed by atoms with Crippen LogP contribution in [0.15, 0.2) is 41.5 Å². The van der Waals surface area contributed by atoms with Crippen molar-refractivity contribution in [1.29, 1.82) is 0 Å². The summed E-state index contributed by atoms with van der Waals surface area (Å²) in [6.07, 6.45) is 1.26. The molecule has 2 aromatic carbocycles. The number of carbonyl (C=O) groups excluding carboxylic acids is 1. The van der Waals surface area contributed by atoms with Crippen LogP contribution < -0.4 is 10.2 Å². The van der Waals surface area contributed by atoms with Gasteiger partial charge in [-0.3, -0.25) is 4.79 Å². The maximum absolute atomic E-state index is 11.9. The second-order valence-electron chi connectivity index (χ2n) is 4.26. The molecule has 22 heavy (non-hydrogen) atoms. The SMILES string of the molecule is COc1cccc(C(=O)NN=Cc2cc(Cl)cc(Cl)c2O)c1. The third kappa shape index (κ3) is 3.90. The Labute approximate surface area is 137 Å². The maximum Gasteiger partial charge on any atom is 0.271 e. The highest BCUT2D eigenvalue weighted by atomic mass is 35.5. The molecule has 7 heteroatoms. The lowest BCUT2D eigenvalue weighted by atomic mass is 10.2. The van der Waals surface area contributed by atoms with Crippen LogP contribution in [0.25, 0.3) is 0 Å². The van der Waals surface area contributed by atoms with E-state index in [1.54, 1.807) is 24.3 Å². The zero-order valence-electron chi connectivity index (χ0n) is 11.5. The molecule has 2 rings (SSSR count). The lowest BCUT2D eigenvalue weighted by molar-refractivity contribution is 0.0955. The quantitative estimate of drug-likeness (QED) is 0.662. The van der Waals surface area contributed by atoms with Gasteiger partial charge >= 0.3 is 0 Å². The largest absolute Gasteiger partial charge is 0.506 e. The third-order valence-corrected chi connectivity index (χ3v) is 3.27. The van der Waals surface area contributed by atoms with Crippen LogP contribution in [-0.2, 0) is 0 Å². The Hall–Kier alpha value is -2.24. The van der Waals surface area contributed by atoms with Crippen molar-refractivity contribution in [2.75, 3.05) is 7.11 Å². The number of hydrazone groups is 1. The number of nitrogens with zero attached hydrogens (tertiary/aromatic N) is 1. The Morgan fingerprint density at radius 1 is 1.32 bits per heavy atom. The fourth-order valence-electron chi connectivity index (χ4n) is 1.67. The Balaban J connectivity index is 2.10. The van der Waals surface area contributed by atoms with Gasteiger partial charge in [-0.05, 0) is 30.3 Å². The summed E-state index contributed by atoms with van der Waals surface area (Å²) in [6.45, 7) is 0. The molecule has 2 aromatic rings. The minimum atomic E-state index is -0.414. The normalized spacial score (nSPS) is 10.7. The summed E-state index contributed by atoms with van der Waals surface area (Å²) in [5.74, 6) is -0.0101. The highest BCUT2D eigenvalue weighted by Gasteiger charge is 2.07. The molecule has 0 saturated carbocycles. The molecular formula is C15H12Cl2N2O3. The number of aromatic hydroxyl groups is 1. The zero-order valence-corrected chi connectivity index (χ0v) is 13.0. The molecule has 0 aliphatic carbocycles. The number of amides is 1. The molecule has 0 unspecified atom stereocenters. The van der Waals surface area contributed by atoms with Crippen molar-refractivity contribution in [2.45, 2.75) is 0 Å². The number of hydrogen-bond donors (Lipinski definition) is 2. The molecule has 2 N–H and O–H groups in total. The first-order valence-corrected chi connectivity index (χ1v) is 6.92. The van der Waals surface area contributed by atoms with Crippen LogP contribution in [0.5, 0.6) is 11.5 Å². The second kappa shape index (κ2) is 7.15. The van der Waals surface area contributed by atoms with Crippen molar-refractivity contribution in [3.05, 3.63) is 57.6 Å². The van der Waals surface area contributed by atoms with Gasteiger partial charge in [0.25, 0.3) is 5.91 Å². The smallest absolute Gasteiger partial charge is 0.271 e. The summed E-state index contributed by atoms with van der Waals surface area (Å²) < 4.78 is 5.04. The van der Waals surface area contributed by atoms with Crippen molar-refractivity contribution >= 4 is 35.3 Å². The van der Waals surface area contributed by atoms with E-state index in [0.29, 0.717) is 21.9 Å². The van der Waals surface area contributed by atoms with E-state index in [1.165, 1.54) is 25.5 Å².